The molecule has 0 atom stereocenters. The summed E-state index contributed by atoms with van der Waals surface area (Å²) in [6.45, 7) is 5.60. The van der Waals surface area contributed by atoms with Crippen LogP contribution in [0.25, 0.3) is 22.2 Å². The monoisotopic (exact) mass is 392 g/mol. The average molecular weight is 392 g/mol. The number of hydrogen-bond donors (Lipinski definition) is 0. The summed E-state index contributed by atoms with van der Waals surface area (Å²) in [6, 6.07) is 7.09. The summed E-state index contributed by atoms with van der Waals surface area (Å²) in [5.74, 6) is -0.478. The Morgan fingerprint density at radius 3 is 2.62 bits per heavy atom. The van der Waals surface area contributed by atoms with Crippen molar-refractivity contribution in [2.75, 3.05) is 38.1 Å². The molecular formula is C21H21FN6O. The quantitative estimate of drug-likeness (QED) is 0.524. The zero-order valence-electron chi connectivity index (χ0n) is 16.3. The zero-order chi connectivity index (χ0) is 20.1. The first-order valence-corrected chi connectivity index (χ1v) is 9.60. The van der Waals surface area contributed by atoms with E-state index in [9.17, 15) is 9.18 Å². The third kappa shape index (κ3) is 3.05. The summed E-state index contributed by atoms with van der Waals surface area (Å²) in [7, 11) is 2.11. The van der Waals surface area contributed by atoms with Crippen LogP contribution < -0.4 is 10.5 Å². The highest BCUT2D eigenvalue weighted by Crippen LogP contribution is 2.21. The minimum Gasteiger partial charge on any atom is -0.369 e. The van der Waals surface area contributed by atoms with E-state index in [0.717, 1.165) is 31.9 Å². The van der Waals surface area contributed by atoms with Gasteiger partial charge in [-0.15, -0.1) is 0 Å². The van der Waals surface area contributed by atoms with Gasteiger partial charge in [0, 0.05) is 50.3 Å². The fraction of sp³-hybridized carbons (Fsp3) is 0.286. The van der Waals surface area contributed by atoms with Crippen molar-refractivity contribution < 1.29 is 4.39 Å². The Labute approximate surface area is 166 Å². The average Bonchev–Trinajstić information content (AvgIpc) is 3.10. The summed E-state index contributed by atoms with van der Waals surface area (Å²) in [5.41, 5.74) is 2.78. The van der Waals surface area contributed by atoms with Crippen LogP contribution in [0, 0.1) is 12.7 Å². The van der Waals surface area contributed by atoms with E-state index in [4.69, 9.17) is 0 Å². The predicted octanol–water partition coefficient (Wildman–Crippen LogP) is 2.23. The summed E-state index contributed by atoms with van der Waals surface area (Å²) in [5, 5.41) is 0.520. The second kappa shape index (κ2) is 6.66. The molecule has 148 valence electrons. The van der Waals surface area contributed by atoms with Gasteiger partial charge in [-0.3, -0.25) is 9.36 Å². The highest BCUT2D eigenvalue weighted by atomic mass is 19.1. The van der Waals surface area contributed by atoms with Crippen molar-refractivity contribution in [1.82, 2.24) is 23.8 Å². The zero-order valence-corrected chi connectivity index (χ0v) is 16.3. The molecule has 0 amide bonds. The van der Waals surface area contributed by atoms with E-state index >= 15 is 0 Å². The molecule has 5 rings (SSSR count). The minimum absolute atomic E-state index is 0.221. The predicted molar refractivity (Wildman–Crippen MR) is 110 cm³/mol. The number of benzene rings is 1. The Morgan fingerprint density at radius 1 is 1.03 bits per heavy atom. The maximum atomic E-state index is 14.5. The molecular weight excluding hydrogens is 371 g/mol. The first-order chi connectivity index (χ1) is 14.0. The molecule has 0 radical (unpaired) electrons. The van der Waals surface area contributed by atoms with Crippen molar-refractivity contribution in [2.45, 2.75) is 6.92 Å². The smallest absolute Gasteiger partial charge is 0.265 e. The molecule has 1 aliphatic heterocycles. The maximum absolute atomic E-state index is 14.5. The van der Waals surface area contributed by atoms with Gasteiger partial charge in [0.15, 0.2) is 11.5 Å². The second-order valence-corrected chi connectivity index (χ2v) is 7.57. The van der Waals surface area contributed by atoms with Crippen molar-refractivity contribution in [3.63, 3.8) is 0 Å². The molecule has 29 heavy (non-hydrogen) atoms. The summed E-state index contributed by atoms with van der Waals surface area (Å²) in [4.78, 5) is 26.4. The van der Waals surface area contributed by atoms with E-state index in [1.165, 1.54) is 17.0 Å². The van der Waals surface area contributed by atoms with Crippen molar-refractivity contribution >= 4 is 22.2 Å². The third-order valence-electron chi connectivity index (χ3n) is 5.50. The standard InChI is InChI=1S/C21H21FN6O/c1-14-11-27-12-16(10-18(22)20(27)24-14)28-13-23-19-4-3-15(9-17(19)21(28)29)26-7-5-25(2)6-8-26/h3-4,9-13H,5-8H2,1-2H3. The SMILES string of the molecule is Cc1cn2cc(-n3cnc4ccc(N5CCN(C)CC5)cc4c3=O)cc(F)c2n1. The topological polar surface area (TPSA) is 58.7 Å². The number of aromatic nitrogens is 4. The lowest BCUT2D eigenvalue weighted by atomic mass is 10.2. The van der Waals surface area contributed by atoms with E-state index in [1.54, 1.807) is 23.7 Å². The van der Waals surface area contributed by atoms with Crippen LogP contribution in [0.4, 0.5) is 10.1 Å². The summed E-state index contributed by atoms with van der Waals surface area (Å²) < 4.78 is 17.5. The molecule has 0 aliphatic carbocycles. The Bertz CT molecular complexity index is 1290. The molecule has 8 heteroatoms. The van der Waals surface area contributed by atoms with Crippen molar-refractivity contribution in [1.29, 1.82) is 0 Å². The molecule has 0 unspecified atom stereocenters. The largest absolute Gasteiger partial charge is 0.369 e. The van der Waals surface area contributed by atoms with Crippen LogP contribution in [0.15, 0.2) is 47.8 Å². The van der Waals surface area contributed by atoms with E-state index in [1.807, 2.05) is 18.2 Å². The number of halogens is 1. The van der Waals surface area contributed by atoms with Crippen LogP contribution in [-0.2, 0) is 0 Å². The number of aryl methyl sites for hydroxylation is 1. The Kier molecular flexibility index (Phi) is 4.09. The van der Waals surface area contributed by atoms with Crippen LogP contribution >= 0.6 is 0 Å². The molecule has 1 aliphatic rings. The second-order valence-electron chi connectivity index (χ2n) is 7.57. The first-order valence-electron chi connectivity index (χ1n) is 9.60. The van der Waals surface area contributed by atoms with E-state index < -0.39 is 5.82 Å². The molecule has 4 aromatic rings. The molecule has 1 fully saturated rings. The molecule has 1 aromatic carbocycles. The summed E-state index contributed by atoms with van der Waals surface area (Å²) in [6.07, 6.45) is 4.87. The van der Waals surface area contributed by atoms with Crippen LogP contribution in [-0.4, -0.2) is 57.1 Å². The molecule has 3 aromatic heterocycles. The van der Waals surface area contributed by atoms with Crippen LogP contribution in [0.2, 0.25) is 0 Å². The van der Waals surface area contributed by atoms with Gasteiger partial charge in [0.25, 0.3) is 5.56 Å². The molecule has 0 bridgehead atoms. The normalized spacial score (nSPS) is 15.5. The lowest BCUT2D eigenvalue weighted by molar-refractivity contribution is 0.313. The highest BCUT2D eigenvalue weighted by Gasteiger charge is 2.16. The van der Waals surface area contributed by atoms with Gasteiger partial charge in [-0.1, -0.05) is 0 Å². The number of pyridine rings is 1. The number of rotatable bonds is 2. The molecule has 4 heterocycles. The number of hydrogen-bond acceptors (Lipinski definition) is 5. The van der Waals surface area contributed by atoms with Gasteiger partial charge in [-0.2, -0.15) is 0 Å². The van der Waals surface area contributed by atoms with Crippen molar-refractivity contribution in [3.05, 3.63) is 64.9 Å². The van der Waals surface area contributed by atoms with Crippen LogP contribution in [0.5, 0.6) is 0 Å². The number of anilines is 1. The molecule has 0 saturated carbocycles. The Balaban J connectivity index is 1.62. The summed E-state index contributed by atoms with van der Waals surface area (Å²) >= 11 is 0. The molecule has 1 saturated heterocycles. The first kappa shape index (κ1) is 17.8. The molecule has 0 spiro atoms. The van der Waals surface area contributed by atoms with Gasteiger partial charge >= 0.3 is 0 Å². The Morgan fingerprint density at radius 2 is 1.83 bits per heavy atom. The lowest BCUT2D eigenvalue weighted by Crippen LogP contribution is -2.44. The maximum Gasteiger partial charge on any atom is 0.265 e. The lowest BCUT2D eigenvalue weighted by Gasteiger charge is -2.34. The number of fused-ring (bicyclic) bond motifs is 2. The Hall–Kier alpha value is -3.26. The van der Waals surface area contributed by atoms with Gasteiger partial charge in [0.2, 0.25) is 0 Å². The minimum atomic E-state index is -0.478. The number of likely N-dealkylation sites (N-methyl/N-ethyl adjacent to an activating group) is 1. The molecule has 0 N–H and O–H groups in total. The van der Waals surface area contributed by atoms with E-state index in [0.29, 0.717) is 22.3 Å². The fourth-order valence-corrected chi connectivity index (χ4v) is 3.85. The third-order valence-corrected chi connectivity index (χ3v) is 5.50. The number of imidazole rings is 1. The number of nitrogens with zero attached hydrogens (tertiary/aromatic N) is 6. The highest BCUT2D eigenvalue weighted by molar-refractivity contribution is 5.82. The molecule has 7 nitrogen and oxygen atoms in total. The van der Waals surface area contributed by atoms with E-state index in [2.05, 4.69) is 26.8 Å². The van der Waals surface area contributed by atoms with Gasteiger partial charge in [-0.05, 0) is 32.2 Å². The van der Waals surface area contributed by atoms with Gasteiger partial charge in [-0.25, -0.2) is 14.4 Å². The van der Waals surface area contributed by atoms with Gasteiger partial charge in [0.05, 0.1) is 22.3 Å². The van der Waals surface area contributed by atoms with Crippen molar-refractivity contribution in [3.8, 4) is 5.69 Å². The fourth-order valence-electron chi connectivity index (χ4n) is 3.85. The van der Waals surface area contributed by atoms with E-state index in [-0.39, 0.29) is 11.2 Å². The van der Waals surface area contributed by atoms with Crippen molar-refractivity contribution in [2.24, 2.45) is 0 Å². The number of piperazine rings is 1. The van der Waals surface area contributed by atoms with Crippen LogP contribution in [0.1, 0.15) is 5.69 Å². The van der Waals surface area contributed by atoms with Gasteiger partial charge in [0.1, 0.15) is 6.33 Å². The van der Waals surface area contributed by atoms with Crippen LogP contribution in [0.3, 0.4) is 0 Å². The van der Waals surface area contributed by atoms with Gasteiger partial charge < -0.3 is 14.2 Å².